The summed E-state index contributed by atoms with van der Waals surface area (Å²) in [6.07, 6.45) is 1.45. The maximum atomic E-state index is 14.7. The van der Waals surface area contributed by atoms with Crippen molar-refractivity contribution in [2.45, 2.75) is 39.3 Å². The third-order valence-corrected chi connectivity index (χ3v) is 5.74. The molecule has 0 N–H and O–H groups in total. The highest BCUT2D eigenvalue weighted by Gasteiger charge is 2.21. The van der Waals surface area contributed by atoms with E-state index in [0.29, 0.717) is 12.6 Å². The zero-order valence-corrected chi connectivity index (χ0v) is 19.5. The predicted molar refractivity (Wildman–Crippen MR) is 126 cm³/mol. The molecule has 34 heavy (non-hydrogen) atoms. The summed E-state index contributed by atoms with van der Waals surface area (Å²) in [5.74, 6) is -1.71. The number of fused-ring (bicyclic) bond motifs is 1. The van der Waals surface area contributed by atoms with E-state index in [9.17, 15) is 18.4 Å². The molecule has 2 aromatic heterocycles. The summed E-state index contributed by atoms with van der Waals surface area (Å²) in [6, 6.07) is 10.9. The number of hydrogen-bond donors (Lipinski definition) is 0. The van der Waals surface area contributed by atoms with Gasteiger partial charge in [0.05, 0.1) is 25.2 Å². The summed E-state index contributed by atoms with van der Waals surface area (Å²) in [5.41, 5.74) is 0.724. The quantitative estimate of drug-likeness (QED) is 0.433. The van der Waals surface area contributed by atoms with Crippen molar-refractivity contribution in [2.24, 2.45) is 0 Å². The first-order valence-corrected chi connectivity index (χ1v) is 10.9. The fraction of sp³-hybridized carbons (Fsp3) is 0.320. The van der Waals surface area contributed by atoms with Crippen molar-refractivity contribution in [1.82, 2.24) is 18.7 Å². The van der Waals surface area contributed by atoms with Crippen LogP contribution >= 0.6 is 0 Å². The van der Waals surface area contributed by atoms with Gasteiger partial charge in [-0.1, -0.05) is 45.0 Å². The van der Waals surface area contributed by atoms with E-state index in [1.807, 2.05) is 24.3 Å². The zero-order chi connectivity index (χ0) is 24.6. The molecule has 0 radical (unpaired) electrons. The first kappa shape index (κ1) is 23.6. The maximum Gasteiger partial charge on any atom is 0.337 e. The van der Waals surface area contributed by atoms with Gasteiger partial charge < -0.3 is 9.30 Å². The van der Waals surface area contributed by atoms with Crippen molar-refractivity contribution in [3.63, 3.8) is 0 Å². The maximum absolute atomic E-state index is 14.7. The number of halogens is 2. The monoisotopic (exact) mass is 468 g/mol. The molecule has 0 spiro atoms. The number of benzene rings is 2. The Morgan fingerprint density at radius 2 is 1.74 bits per heavy atom. The van der Waals surface area contributed by atoms with E-state index in [1.165, 1.54) is 19.0 Å². The lowest BCUT2D eigenvalue weighted by Crippen LogP contribution is -2.41. The predicted octanol–water partition coefficient (Wildman–Crippen LogP) is 3.62. The minimum absolute atomic E-state index is 0.000451. The van der Waals surface area contributed by atoms with E-state index in [-0.39, 0.29) is 35.4 Å². The number of rotatable bonds is 6. The smallest absolute Gasteiger partial charge is 0.337 e. The topological polar surface area (TPSA) is 71.1 Å². The van der Waals surface area contributed by atoms with Gasteiger partial charge in [-0.3, -0.25) is 9.36 Å². The highest BCUT2D eigenvalue weighted by molar-refractivity contribution is 5.72. The van der Waals surface area contributed by atoms with E-state index in [1.54, 1.807) is 4.57 Å². The fourth-order valence-corrected chi connectivity index (χ4v) is 3.87. The molecule has 4 rings (SSSR count). The molecule has 178 valence electrons. The lowest BCUT2D eigenvalue weighted by Gasteiger charge is -2.19. The SMILES string of the molecule is COCCn1c(=O)c2c(ncn2Cc2ccc(C(C)(C)C)cc2)n(-c2ccc(F)cc2F)c1=O. The van der Waals surface area contributed by atoms with Crippen LogP contribution in [-0.2, 0) is 23.2 Å². The van der Waals surface area contributed by atoms with Crippen LogP contribution in [0.1, 0.15) is 31.9 Å². The average molecular weight is 469 g/mol. The molecule has 2 heterocycles. The van der Waals surface area contributed by atoms with Crippen LogP contribution in [0, 0.1) is 11.6 Å². The Morgan fingerprint density at radius 1 is 1.03 bits per heavy atom. The molecule has 0 atom stereocenters. The molecule has 0 saturated heterocycles. The molecule has 2 aromatic carbocycles. The summed E-state index contributed by atoms with van der Waals surface area (Å²) in [7, 11) is 1.45. The minimum Gasteiger partial charge on any atom is -0.383 e. The van der Waals surface area contributed by atoms with E-state index < -0.39 is 22.9 Å². The molecule has 0 fully saturated rings. The van der Waals surface area contributed by atoms with Gasteiger partial charge >= 0.3 is 5.69 Å². The summed E-state index contributed by atoms with van der Waals surface area (Å²) < 4.78 is 36.8. The number of ether oxygens (including phenoxy) is 1. The molecule has 0 amide bonds. The molecular formula is C25H26F2N4O3. The molecule has 0 bridgehead atoms. The van der Waals surface area contributed by atoms with E-state index in [2.05, 4.69) is 25.8 Å². The summed E-state index contributed by atoms with van der Waals surface area (Å²) >= 11 is 0. The van der Waals surface area contributed by atoms with Gasteiger partial charge in [0.1, 0.15) is 11.6 Å². The number of nitrogens with zero attached hydrogens (tertiary/aromatic N) is 4. The molecule has 0 unspecified atom stereocenters. The van der Waals surface area contributed by atoms with Crippen molar-refractivity contribution in [3.8, 4) is 5.69 Å². The molecule has 0 aliphatic heterocycles. The third kappa shape index (κ3) is 4.31. The Balaban J connectivity index is 1.90. The Kier molecular flexibility index (Phi) is 6.22. The van der Waals surface area contributed by atoms with Crippen LogP contribution in [0.2, 0.25) is 0 Å². The molecule has 9 heteroatoms. The Labute approximate surface area is 194 Å². The lowest BCUT2D eigenvalue weighted by molar-refractivity contribution is 0.184. The van der Waals surface area contributed by atoms with E-state index in [0.717, 1.165) is 26.8 Å². The summed E-state index contributed by atoms with van der Waals surface area (Å²) in [6.45, 7) is 6.78. The van der Waals surface area contributed by atoms with Crippen LogP contribution < -0.4 is 11.2 Å². The van der Waals surface area contributed by atoms with Gasteiger partial charge in [0, 0.05) is 19.7 Å². The Morgan fingerprint density at radius 3 is 2.35 bits per heavy atom. The van der Waals surface area contributed by atoms with Crippen LogP contribution in [0.5, 0.6) is 0 Å². The highest BCUT2D eigenvalue weighted by Crippen LogP contribution is 2.23. The summed E-state index contributed by atoms with van der Waals surface area (Å²) in [5, 5.41) is 0. The molecular weight excluding hydrogens is 442 g/mol. The van der Waals surface area contributed by atoms with Crippen molar-refractivity contribution in [1.29, 1.82) is 0 Å². The highest BCUT2D eigenvalue weighted by atomic mass is 19.1. The second kappa shape index (κ2) is 8.98. The molecule has 4 aromatic rings. The number of aromatic nitrogens is 4. The van der Waals surface area contributed by atoms with Gasteiger partial charge in [0.2, 0.25) is 0 Å². The van der Waals surface area contributed by atoms with Gasteiger partial charge in [-0.15, -0.1) is 0 Å². The zero-order valence-electron chi connectivity index (χ0n) is 19.5. The second-order valence-corrected chi connectivity index (χ2v) is 9.15. The molecule has 0 aliphatic rings. The van der Waals surface area contributed by atoms with E-state index >= 15 is 0 Å². The fourth-order valence-electron chi connectivity index (χ4n) is 3.87. The average Bonchev–Trinajstić information content (AvgIpc) is 3.18. The van der Waals surface area contributed by atoms with Gasteiger partial charge in [-0.05, 0) is 28.7 Å². The Hall–Kier alpha value is -3.59. The molecule has 0 saturated carbocycles. The van der Waals surface area contributed by atoms with Gasteiger partial charge in [0.15, 0.2) is 11.2 Å². The Bertz CT molecular complexity index is 1460. The number of hydrogen-bond acceptors (Lipinski definition) is 4. The number of imidazole rings is 1. The van der Waals surface area contributed by atoms with Crippen LogP contribution in [0.3, 0.4) is 0 Å². The molecule has 7 nitrogen and oxygen atoms in total. The van der Waals surface area contributed by atoms with Crippen molar-refractivity contribution < 1.29 is 13.5 Å². The normalized spacial score (nSPS) is 11.9. The summed E-state index contributed by atoms with van der Waals surface area (Å²) in [4.78, 5) is 30.8. The first-order valence-electron chi connectivity index (χ1n) is 10.9. The van der Waals surface area contributed by atoms with Crippen LogP contribution in [0.15, 0.2) is 58.4 Å². The van der Waals surface area contributed by atoms with Gasteiger partial charge in [0.25, 0.3) is 5.56 Å². The molecule has 0 aliphatic carbocycles. The largest absolute Gasteiger partial charge is 0.383 e. The first-order chi connectivity index (χ1) is 16.1. The van der Waals surface area contributed by atoms with Crippen molar-refractivity contribution >= 4 is 11.2 Å². The third-order valence-electron chi connectivity index (χ3n) is 5.74. The van der Waals surface area contributed by atoms with Crippen LogP contribution in [-0.4, -0.2) is 32.4 Å². The van der Waals surface area contributed by atoms with Crippen LogP contribution in [0.4, 0.5) is 8.78 Å². The second-order valence-electron chi connectivity index (χ2n) is 9.15. The van der Waals surface area contributed by atoms with Crippen molar-refractivity contribution in [3.05, 3.63) is 92.4 Å². The van der Waals surface area contributed by atoms with E-state index in [4.69, 9.17) is 4.74 Å². The van der Waals surface area contributed by atoms with Gasteiger partial charge in [-0.25, -0.2) is 23.1 Å². The number of methoxy groups -OCH3 is 1. The van der Waals surface area contributed by atoms with Crippen LogP contribution in [0.25, 0.3) is 16.9 Å². The minimum atomic E-state index is -0.937. The lowest BCUT2D eigenvalue weighted by atomic mass is 9.87. The van der Waals surface area contributed by atoms with Gasteiger partial charge in [-0.2, -0.15) is 0 Å². The standard InChI is InChI=1S/C25H26F2N4O3/c1-25(2,3)17-7-5-16(6-8-17)14-29-15-28-22-21(29)23(32)30(11-12-34-4)24(33)31(22)20-10-9-18(26)13-19(20)27/h5-10,13,15H,11-12,14H2,1-4H3. The van der Waals surface area contributed by atoms with Crippen molar-refractivity contribution in [2.75, 3.05) is 13.7 Å².